The fourth-order valence-electron chi connectivity index (χ4n) is 3.50. The number of amides is 2. The van der Waals surface area contributed by atoms with Crippen LogP contribution < -0.4 is 10.1 Å². The first-order chi connectivity index (χ1) is 12.5. The number of urea groups is 1. The molecule has 0 radical (unpaired) electrons. The first-order valence-corrected chi connectivity index (χ1v) is 9.64. The summed E-state index contributed by atoms with van der Waals surface area (Å²) in [6.07, 6.45) is 3.31. The van der Waals surface area contributed by atoms with Gasteiger partial charge in [-0.2, -0.15) is 0 Å². The van der Waals surface area contributed by atoms with Gasteiger partial charge >= 0.3 is 6.03 Å². The van der Waals surface area contributed by atoms with E-state index in [1.165, 1.54) is 12.8 Å². The number of carbonyl (C=O) groups excluding carboxylic acids is 1. The number of aliphatic hydroxyl groups excluding tert-OH is 1. The van der Waals surface area contributed by atoms with E-state index in [9.17, 15) is 9.90 Å². The Morgan fingerprint density at radius 2 is 2.15 bits per heavy atom. The zero-order chi connectivity index (χ0) is 18.7. The molecule has 0 unspecified atom stereocenters. The zero-order valence-electron chi connectivity index (χ0n) is 15.5. The Morgan fingerprint density at radius 3 is 2.81 bits per heavy atom. The third kappa shape index (κ3) is 4.61. The van der Waals surface area contributed by atoms with Crippen LogP contribution >= 0.6 is 11.6 Å². The molecule has 0 bridgehead atoms. The molecule has 1 aliphatic heterocycles. The number of aliphatic hydroxyl groups is 1. The number of methoxy groups -OCH3 is 1. The number of hydrogen-bond donors (Lipinski definition) is 2. The van der Waals surface area contributed by atoms with E-state index in [0.29, 0.717) is 36.0 Å². The van der Waals surface area contributed by atoms with Gasteiger partial charge in [0.15, 0.2) is 0 Å². The van der Waals surface area contributed by atoms with Crippen LogP contribution in [0.4, 0.5) is 10.5 Å². The second-order valence-electron chi connectivity index (χ2n) is 7.28. The summed E-state index contributed by atoms with van der Waals surface area (Å²) in [6, 6.07) is 3.62. The molecule has 1 heterocycles. The molecule has 7 heteroatoms. The molecule has 1 saturated carbocycles. The molecule has 2 amide bonds. The number of carbonyl (C=O) groups is 1. The van der Waals surface area contributed by atoms with E-state index in [-0.39, 0.29) is 18.7 Å². The van der Waals surface area contributed by atoms with Gasteiger partial charge < -0.3 is 20.1 Å². The molecule has 144 valence electrons. The largest absolute Gasteiger partial charge is 0.495 e. The average molecular weight is 382 g/mol. The smallest absolute Gasteiger partial charge is 0.322 e. The molecule has 1 aliphatic carbocycles. The Bertz CT molecular complexity index is 651. The molecule has 1 aromatic rings. The van der Waals surface area contributed by atoms with E-state index in [2.05, 4.69) is 10.2 Å². The maximum absolute atomic E-state index is 12.8. The Morgan fingerprint density at radius 1 is 1.38 bits per heavy atom. The SMILES string of the molecule is COc1cc(Cl)c(C)cc1NC(=O)N1CCN(CC2CC2)[C@@H](CCO)C1. The summed E-state index contributed by atoms with van der Waals surface area (Å²) in [6.45, 7) is 5.30. The molecule has 2 N–H and O–H groups in total. The predicted octanol–water partition coefficient (Wildman–Crippen LogP) is 2.97. The van der Waals surface area contributed by atoms with Gasteiger partial charge in [0.1, 0.15) is 5.75 Å². The topological polar surface area (TPSA) is 65.0 Å². The number of nitrogens with zero attached hydrogens (tertiary/aromatic N) is 2. The number of hydrogen-bond acceptors (Lipinski definition) is 4. The van der Waals surface area contributed by atoms with Gasteiger partial charge in [-0.1, -0.05) is 11.6 Å². The summed E-state index contributed by atoms with van der Waals surface area (Å²) >= 11 is 6.13. The fraction of sp³-hybridized carbons (Fsp3) is 0.632. The molecule has 2 aliphatic rings. The zero-order valence-corrected chi connectivity index (χ0v) is 16.3. The number of anilines is 1. The van der Waals surface area contributed by atoms with Gasteiger partial charge in [0.25, 0.3) is 0 Å². The van der Waals surface area contributed by atoms with Crippen LogP contribution in [-0.2, 0) is 0 Å². The number of benzene rings is 1. The monoisotopic (exact) mass is 381 g/mol. The maximum Gasteiger partial charge on any atom is 0.322 e. The first kappa shape index (κ1) is 19.3. The molecule has 6 nitrogen and oxygen atoms in total. The van der Waals surface area contributed by atoms with Crippen molar-refractivity contribution in [2.24, 2.45) is 5.92 Å². The second kappa shape index (κ2) is 8.46. The second-order valence-corrected chi connectivity index (χ2v) is 7.69. The number of halogens is 1. The third-order valence-corrected chi connectivity index (χ3v) is 5.67. The van der Waals surface area contributed by atoms with E-state index in [1.54, 1.807) is 13.2 Å². The highest BCUT2D eigenvalue weighted by Gasteiger charge is 2.33. The van der Waals surface area contributed by atoms with Crippen LogP contribution in [-0.4, -0.2) is 66.9 Å². The van der Waals surface area contributed by atoms with E-state index >= 15 is 0 Å². The number of rotatable bonds is 6. The first-order valence-electron chi connectivity index (χ1n) is 9.26. The van der Waals surface area contributed by atoms with Crippen molar-refractivity contribution in [3.8, 4) is 5.75 Å². The van der Waals surface area contributed by atoms with Crippen molar-refractivity contribution in [3.05, 3.63) is 22.7 Å². The number of ether oxygens (including phenoxy) is 1. The highest BCUT2D eigenvalue weighted by Crippen LogP contribution is 2.32. The fourth-order valence-corrected chi connectivity index (χ4v) is 3.65. The normalized spacial score (nSPS) is 20.9. The van der Waals surface area contributed by atoms with E-state index in [1.807, 2.05) is 17.9 Å². The van der Waals surface area contributed by atoms with Crippen LogP contribution in [0.25, 0.3) is 0 Å². The van der Waals surface area contributed by atoms with Crippen LogP contribution in [0.15, 0.2) is 12.1 Å². The molecule has 26 heavy (non-hydrogen) atoms. The lowest BCUT2D eigenvalue weighted by atomic mass is 10.1. The van der Waals surface area contributed by atoms with Crippen molar-refractivity contribution in [1.82, 2.24) is 9.80 Å². The van der Waals surface area contributed by atoms with Crippen LogP contribution in [0, 0.1) is 12.8 Å². The van der Waals surface area contributed by atoms with E-state index in [0.717, 1.165) is 24.6 Å². The lowest BCUT2D eigenvalue weighted by molar-refractivity contribution is 0.0739. The molecule has 3 rings (SSSR count). The summed E-state index contributed by atoms with van der Waals surface area (Å²) in [5.74, 6) is 1.35. The van der Waals surface area contributed by atoms with Gasteiger partial charge in [-0.05, 0) is 43.7 Å². The Labute approximate surface area is 160 Å². The van der Waals surface area contributed by atoms with Gasteiger partial charge in [-0.3, -0.25) is 4.90 Å². The number of aryl methyl sites for hydroxylation is 1. The minimum absolute atomic E-state index is 0.140. The molecule has 1 aromatic carbocycles. The van der Waals surface area contributed by atoms with E-state index in [4.69, 9.17) is 16.3 Å². The lowest BCUT2D eigenvalue weighted by Gasteiger charge is -2.41. The molecular weight excluding hydrogens is 354 g/mol. The average Bonchev–Trinajstić information content (AvgIpc) is 3.43. The van der Waals surface area contributed by atoms with Crippen molar-refractivity contribution < 1.29 is 14.6 Å². The van der Waals surface area contributed by atoms with Crippen LogP contribution in [0.1, 0.15) is 24.8 Å². The Kier molecular flexibility index (Phi) is 6.27. The van der Waals surface area contributed by atoms with Crippen molar-refractivity contribution >= 4 is 23.3 Å². The highest BCUT2D eigenvalue weighted by molar-refractivity contribution is 6.31. The molecule has 2 fully saturated rings. The number of piperazine rings is 1. The molecule has 0 spiro atoms. The third-order valence-electron chi connectivity index (χ3n) is 5.27. The standard InChI is InChI=1S/C19H28ClN3O3/c1-13-9-17(18(26-2)10-16(13)20)21-19(25)23-7-6-22(11-14-3-4-14)15(12-23)5-8-24/h9-10,14-15,24H,3-8,11-12H2,1-2H3,(H,21,25)/t15-/m0/s1. The van der Waals surface area contributed by atoms with Gasteiger partial charge in [0.2, 0.25) is 0 Å². The lowest BCUT2D eigenvalue weighted by Crippen LogP contribution is -2.56. The Balaban J connectivity index is 1.65. The summed E-state index contributed by atoms with van der Waals surface area (Å²) < 4.78 is 5.34. The Hall–Kier alpha value is -1.50. The van der Waals surface area contributed by atoms with Crippen molar-refractivity contribution in [1.29, 1.82) is 0 Å². The molecular formula is C19H28ClN3O3. The number of nitrogens with one attached hydrogen (secondary N) is 1. The van der Waals surface area contributed by atoms with Crippen molar-refractivity contribution in [2.75, 3.05) is 45.2 Å². The minimum Gasteiger partial charge on any atom is -0.495 e. The maximum atomic E-state index is 12.8. The van der Waals surface area contributed by atoms with Gasteiger partial charge in [0.05, 0.1) is 12.8 Å². The minimum atomic E-state index is -0.140. The molecule has 1 atom stereocenters. The molecule has 0 aromatic heterocycles. The van der Waals surface area contributed by atoms with Gasteiger partial charge in [0, 0.05) is 49.9 Å². The highest BCUT2D eigenvalue weighted by atomic mass is 35.5. The van der Waals surface area contributed by atoms with Crippen molar-refractivity contribution in [3.63, 3.8) is 0 Å². The van der Waals surface area contributed by atoms with Crippen LogP contribution in [0.3, 0.4) is 0 Å². The van der Waals surface area contributed by atoms with Crippen LogP contribution in [0.2, 0.25) is 5.02 Å². The predicted molar refractivity (Wildman–Crippen MR) is 103 cm³/mol. The summed E-state index contributed by atoms with van der Waals surface area (Å²) in [5, 5.41) is 13.0. The summed E-state index contributed by atoms with van der Waals surface area (Å²) in [7, 11) is 1.56. The van der Waals surface area contributed by atoms with E-state index < -0.39 is 0 Å². The van der Waals surface area contributed by atoms with Crippen molar-refractivity contribution in [2.45, 2.75) is 32.2 Å². The molecule has 1 saturated heterocycles. The van der Waals surface area contributed by atoms with Crippen LogP contribution in [0.5, 0.6) is 5.75 Å². The summed E-state index contributed by atoms with van der Waals surface area (Å²) in [5.41, 5.74) is 1.51. The van der Waals surface area contributed by atoms with Gasteiger partial charge in [-0.15, -0.1) is 0 Å². The quantitative estimate of drug-likeness (QED) is 0.795. The van der Waals surface area contributed by atoms with Gasteiger partial charge in [-0.25, -0.2) is 4.79 Å². The summed E-state index contributed by atoms with van der Waals surface area (Å²) in [4.78, 5) is 17.0.